The average Bonchev–Trinajstić information content (AvgIpc) is 2.92. The van der Waals surface area contributed by atoms with Gasteiger partial charge in [0.05, 0.1) is 24.3 Å². The van der Waals surface area contributed by atoms with Crippen molar-refractivity contribution in [2.24, 2.45) is 0 Å². The van der Waals surface area contributed by atoms with Crippen LogP contribution in [0.4, 0.5) is 9.18 Å². The van der Waals surface area contributed by atoms with Gasteiger partial charge >= 0.3 is 6.03 Å². The van der Waals surface area contributed by atoms with Crippen LogP contribution in [0.5, 0.6) is 5.75 Å². The molecule has 0 saturated heterocycles. The lowest BCUT2D eigenvalue weighted by molar-refractivity contribution is 0.185. The fourth-order valence-corrected chi connectivity index (χ4v) is 2.76. The Morgan fingerprint density at radius 1 is 1.48 bits per heavy atom. The van der Waals surface area contributed by atoms with Crippen LogP contribution in [0, 0.1) is 12.7 Å². The number of hydrogen-bond acceptors (Lipinski definition) is 4. The number of para-hydroxylation sites is 1. The summed E-state index contributed by atoms with van der Waals surface area (Å²) < 4.78 is 19.0. The first-order chi connectivity index (χ1) is 11.0. The van der Waals surface area contributed by atoms with Crippen LogP contribution in [-0.4, -0.2) is 35.6 Å². The van der Waals surface area contributed by atoms with E-state index in [4.69, 9.17) is 4.74 Å². The Morgan fingerprint density at radius 2 is 2.22 bits per heavy atom. The molecule has 0 bridgehead atoms. The highest BCUT2D eigenvalue weighted by molar-refractivity contribution is 7.09. The Kier molecular flexibility index (Phi) is 5.92. The number of carbonyl (C=O) groups is 1. The third kappa shape index (κ3) is 4.92. The Hall–Kier alpha value is -2.15. The van der Waals surface area contributed by atoms with E-state index in [2.05, 4.69) is 10.3 Å². The molecule has 2 rings (SSSR count). The predicted octanol–water partition coefficient (Wildman–Crippen LogP) is 3.20. The van der Waals surface area contributed by atoms with E-state index >= 15 is 0 Å². The molecular formula is C16H20FN3O2S. The molecule has 7 heteroatoms. The van der Waals surface area contributed by atoms with E-state index in [9.17, 15) is 9.18 Å². The minimum absolute atomic E-state index is 0.183. The van der Waals surface area contributed by atoms with Gasteiger partial charge in [-0.05, 0) is 26.0 Å². The van der Waals surface area contributed by atoms with Crippen LogP contribution in [0.2, 0.25) is 0 Å². The number of nitrogens with zero attached hydrogens (tertiary/aromatic N) is 2. The van der Waals surface area contributed by atoms with Gasteiger partial charge in [0.2, 0.25) is 0 Å². The van der Waals surface area contributed by atoms with Gasteiger partial charge in [-0.25, -0.2) is 14.2 Å². The van der Waals surface area contributed by atoms with Gasteiger partial charge in [0, 0.05) is 11.9 Å². The zero-order chi connectivity index (χ0) is 16.8. The van der Waals surface area contributed by atoms with E-state index < -0.39 is 5.82 Å². The van der Waals surface area contributed by atoms with Crippen molar-refractivity contribution in [3.8, 4) is 5.75 Å². The number of aryl methyl sites for hydroxylation is 1. The minimum Gasteiger partial charge on any atom is -0.486 e. The largest absolute Gasteiger partial charge is 0.486 e. The first kappa shape index (κ1) is 17.2. The molecule has 0 spiro atoms. The van der Waals surface area contributed by atoms with E-state index in [1.54, 1.807) is 42.6 Å². The van der Waals surface area contributed by atoms with Gasteiger partial charge in [0.25, 0.3) is 0 Å². The van der Waals surface area contributed by atoms with Crippen molar-refractivity contribution in [2.45, 2.75) is 26.5 Å². The number of urea groups is 1. The molecule has 0 radical (unpaired) electrons. The van der Waals surface area contributed by atoms with Crippen LogP contribution in [0.25, 0.3) is 0 Å². The second-order valence-corrected chi connectivity index (χ2v) is 6.20. The van der Waals surface area contributed by atoms with Gasteiger partial charge in [-0.3, -0.25) is 0 Å². The predicted molar refractivity (Wildman–Crippen MR) is 88.2 cm³/mol. The number of rotatable bonds is 6. The summed E-state index contributed by atoms with van der Waals surface area (Å²) in [5, 5.41) is 2.78. The van der Waals surface area contributed by atoms with E-state index in [0.29, 0.717) is 13.1 Å². The molecule has 2 aromatic rings. The Morgan fingerprint density at radius 3 is 2.87 bits per heavy atom. The number of thiazole rings is 1. The maximum absolute atomic E-state index is 13.5. The Bertz CT molecular complexity index is 662. The summed E-state index contributed by atoms with van der Waals surface area (Å²) in [7, 11) is 1.72. The number of aromatic nitrogens is 1. The highest BCUT2D eigenvalue weighted by Crippen LogP contribution is 2.17. The summed E-state index contributed by atoms with van der Waals surface area (Å²) >= 11 is 1.52. The third-order valence-electron chi connectivity index (χ3n) is 3.28. The molecule has 0 fully saturated rings. The third-order valence-corrected chi connectivity index (χ3v) is 4.20. The number of amides is 2. The second kappa shape index (κ2) is 7.92. The molecule has 5 nitrogen and oxygen atoms in total. The Labute approximate surface area is 139 Å². The van der Waals surface area contributed by atoms with Gasteiger partial charge in [-0.2, -0.15) is 0 Å². The van der Waals surface area contributed by atoms with Crippen molar-refractivity contribution in [1.29, 1.82) is 0 Å². The lowest BCUT2D eigenvalue weighted by atomic mass is 10.3. The molecule has 1 heterocycles. The molecule has 1 N–H and O–H groups in total. The number of carbonyl (C=O) groups excluding carboxylic acids is 1. The van der Waals surface area contributed by atoms with Gasteiger partial charge in [0.15, 0.2) is 11.6 Å². The smallest absolute Gasteiger partial charge is 0.317 e. The summed E-state index contributed by atoms with van der Waals surface area (Å²) in [6.07, 6.45) is -0.339. The standard InChI is InChI=1S/C16H20FN3O2S/c1-11(22-14-7-5-4-6-13(14)17)8-18-16(21)20(3)9-15-12(2)19-10-23-15/h4-7,10-11H,8-9H2,1-3H3,(H,18,21). The SMILES string of the molecule is Cc1ncsc1CN(C)C(=O)NCC(C)Oc1ccccc1F. The molecule has 0 aliphatic heterocycles. The fraction of sp³-hybridized carbons (Fsp3) is 0.375. The normalized spacial score (nSPS) is 11.8. The molecule has 23 heavy (non-hydrogen) atoms. The van der Waals surface area contributed by atoms with Crippen LogP contribution >= 0.6 is 11.3 Å². The highest BCUT2D eigenvalue weighted by Gasteiger charge is 2.14. The maximum atomic E-state index is 13.5. The van der Waals surface area contributed by atoms with Crippen molar-refractivity contribution in [1.82, 2.24) is 15.2 Å². The number of ether oxygens (including phenoxy) is 1. The van der Waals surface area contributed by atoms with Gasteiger partial charge in [-0.15, -0.1) is 11.3 Å². The summed E-state index contributed by atoms with van der Waals surface area (Å²) in [5.41, 5.74) is 2.70. The van der Waals surface area contributed by atoms with Crippen LogP contribution < -0.4 is 10.1 Å². The number of halogens is 1. The van der Waals surface area contributed by atoms with Crippen LogP contribution in [0.15, 0.2) is 29.8 Å². The second-order valence-electron chi connectivity index (χ2n) is 5.26. The molecule has 1 aromatic carbocycles. The molecule has 1 aromatic heterocycles. The first-order valence-electron chi connectivity index (χ1n) is 7.26. The molecule has 0 saturated carbocycles. The molecule has 1 atom stereocenters. The monoisotopic (exact) mass is 337 g/mol. The van der Waals surface area contributed by atoms with E-state index in [1.165, 1.54) is 17.4 Å². The summed E-state index contributed by atoms with van der Waals surface area (Å²) in [6, 6.07) is 6.00. The van der Waals surface area contributed by atoms with E-state index in [0.717, 1.165) is 10.6 Å². The summed E-state index contributed by atoms with van der Waals surface area (Å²) in [6.45, 7) is 4.49. The molecule has 124 valence electrons. The van der Waals surface area contributed by atoms with Crippen molar-refractivity contribution in [2.75, 3.05) is 13.6 Å². The quantitative estimate of drug-likeness (QED) is 0.881. The lowest BCUT2D eigenvalue weighted by Crippen LogP contribution is -2.41. The van der Waals surface area contributed by atoms with Crippen LogP contribution in [0.1, 0.15) is 17.5 Å². The molecule has 0 aliphatic rings. The lowest BCUT2D eigenvalue weighted by Gasteiger charge is -2.20. The van der Waals surface area contributed by atoms with Gasteiger partial charge in [0.1, 0.15) is 6.10 Å². The summed E-state index contributed by atoms with van der Waals surface area (Å²) in [5.74, 6) is -0.230. The average molecular weight is 337 g/mol. The highest BCUT2D eigenvalue weighted by atomic mass is 32.1. The van der Waals surface area contributed by atoms with Crippen molar-refractivity contribution < 1.29 is 13.9 Å². The number of nitrogens with one attached hydrogen (secondary N) is 1. The van der Waals surface area contributed by atoms with Crippen molar-refractivity contribution >= 4 is 17.4 Å². The minimum atomic E-state index is -0.413. The maximum Gasteiger partial charge on any atom is 0.317 e. The zero-order valence-electron chi connectivity index (χ0n) is 13.4. The Balaban J connectivity index is 1.79. The van der Waals surface area contributed by atoms with Crippen LogP contribution in [-0.2, 0) is 6.54 Å². The van der Waals surface area contributed by atoms with Gasteiger partial charge < -0.3 is 15.0 Å². The molecule has 0 aliphatic carbocycles. The van der Waals surface area contributed by atoms with Crippen molar-refractivity contribution in [3.05, 3.63) is 46.2 Å². The van der Waals surface area contributed by atoms with E-state index in [-0.39, 0.29) is 17.9 Å². The first-order valence-corrected chi connectivity index (χ1v) is 8.14. The summed E-state index contributed by atoms with van der Waals surface area (Å²) in [4.78, 5) is 18.9. The topological polar surface area (TPSA) is 54.5 Å². The zero-order valence-corrected chi connectivity index (χ0v) is 14.2. The molecule has 1 unspecified atom stereocenters. The molecule has 2 amide bonds. The van der Waals surface area contributed by atoms with Gasteiger partial charge in [-0.1, -0.05) is 12.1 Å². The molecular weight excluding hydrogens is 317 g/mol. The van der Waals surface area contributed by atoms with E-state index in [1.807, 2.05) is 6.92 Å². The van der Waals surface area contributed by atoms with Crippen molar-refractivity contribution in [3.63, 3.8) is 0 Å². The number of hydrogen-bond donors (Lipinski definition) is 1. The number of benzene rings is 1. The van der Waals surface area contributed by atoms with Crippen LogP contribution in [0.3, 0.4) is 0 Å². The fourth-order valence-electron chi connectivity index (χ4n) is 1.93.